The molecular formula is C8H6F3NO4. The number of rotatable bonds is 2. The molecular weight excluding hydrogens is 231 g/mol. The molecule has 1 atom stereocenters. The van der Waals surface area contributed by atoms with E-state index >= 15 is 0 Å². The Morgan fingerprint density at radius 1 is 1.38 bits per heavy atom. The monoisotopic (exact) mass is 237 g/mol. The van der Waals surface area contributed by atoms with Gasteiger partial charge in [0.2, 0.25) is 0 Å². The highest BCUT2D eigenvalue weighted by molar-refractivity contribution is 5.46. The number of benzene rings is 1. The van der Waals surface area contributed by atoms with Crippen molar-refractivity contribution in [2.24, 2.45) is 0 Å². The average Bonchev–Trinajstić information content (AvgIpc) is 2.14. The molecule has 88 valence electrons. The number of nitrogens with zero attached hydrogens (tertiary/aromatic N) is 1. The average molecular weight is 237 g/mol. The molecule has 0 amide bonds. The van der Waals surface area contributed by atoms with Gasteiger partial charge in [-0.25, -0.2) is 0 Å². The zero-order valence-corrected chi connectivity index (χ0v) is 7.60. The minimum Gasteiger partial charge on any atom is -0.508 e. The van der Waals surface area contributed by atoms with Crippen molar-refractivity contribution >= 4 is 5.69 Å². The summed E-state index contributed by atoms with van der Waals surface area (Å²) in [5.41, 5.74) is -1.89. The Hall–Kier alpha value is -1.83. The molecule has 16 heavy (non-hydrogen) atoms. The molecule has 0 radical (unpaired) electrons. The third kappa shape index (κ3) is 2.40. The number of hydrogen-bond acceptors (Lipinski definition) is 4. The highest BCUT2D eigenvalue weighted by Crippen LogP contribution is 2.38. The Kier molecular flexibility index (Phi) is 3.04. The molecule has 1 aromatic carbocycles. The standard InChI is InChI=1S/C8H6F3NO4/c9-8(10,11)7(14)5-3-4(13)1-2-6(5)12(15)16/h1-3,7,13-14H/t7-/m1/s1. The van der Waals surface area contributed by atoms with Gasteiger partial charge in [-0.2, -0.15) is 13.2 Å². The van der Waals surface area contributed by atoms with Gasteiger partial charge in [-0.3, -0.25) is 10.1 Å². The van der Waals surface area contributed by atoms with Gasteiger partial charge in [0.25, 0.3) is 5.69 Å². The molecule has 0 aromatic heterocycles. The Morgan fingerprint density at radius 3 is 2.38 bits per heavy atom. The molecule has 1 rings (SSSR count). The number of phenols is 1. The van der Waals surface area contributed by atoms with Crippen LogP contribution in [0.25, 0.3) is 0 Å². The van der Waals surface area contributed by atoms with E-state index in [1.54, 1.807) is 0 Å². The van der Waals surface area contributed by atoms with E-state index in [0.29, 0.717) is 12.1 Å². The Balaban J connectivity index is 3.30. The highest BCUT2D eigenvalue weighted by atomic mass is 19.4. The SMILES string of the molecule is O=[N+]([O-])c1ccc(O)cc1[C@@H](O)C(F)(F)F. The summed E-state index contributed by atoms with van der Waals surface area (Å²) >= 11 is 0. The highest BCUT2D eigenvalue weighted by Gasteiger charge is 2.42. The van der Waals surface area contributed by atoms with Crippen LogP contribution in [0.3, 0.4) is 0 Å². The van der Waals surface area contributed by atoms with E-state index in [9.17, 15) is 23.3 Å². The van der Waals surface area contributed by atoms with E-state index in [1.165, 1.54) is 0 Å². The molecule has 0 saturated carbocycles. The van der Waals surface area contributed by atoms with Crippen LogP contribution in [0.15, 0.2) is 18.2 Å². The van der Waals surface area contributed by atoms with E-state index in [4.69, 9.17) is 10.2 Å². The fourth-order valence-electron chi connectivity index (χ4n) is 1.10. The van der Waals surface area contributed by atoms with Gasteiger partial charge in [0.1, 0.15) is 5.75 Å². The molecule has 2 N–H and O–H groups in total. The van der Waals surface area contributed by atoms with E-state index in [-0.39, 0.29) is 0 Å². The molecule has 0 spiro atoms. The molecule has 0 saturated heterocycles. The normalized spacial score (nSPS) is 13.5. The lowest BCUT2D eigenvalue weighted by Gasteiger charge is -2.14. The maximum atomic E-state index is 12.2. The molecule has 0 unspecified atom stereocenters. The van der Waals surface area contributed by atoms with Gasteiger partial charge in [0.05, 0.1) is 10.5 Å². The molecule has 0 aliphatic rings. The topological polar surface area (TPSA) is 83.6 Å². The first kappa shape index (κ1) is 12.2. The predicted octanol–water partition coefficient (Wildman–Crippen LogP) is 1.90. The van der Waals surface area contributed by atoms with Crippen molar-refractivity contribution in [3.05, 3.63) is 33.9 Å². The lowest BCUT2D eigenvalue weighted by molar-refractivity contribution is -0.387. The van der Waals surface area contributed by atoms with Gasteiger partial charge in [0, 0.05) is 6.07 Å². The lowest BCUT2D eigenvalue weighted by Crippen LogP contribution is -2.21. The van der Waals surface area contributed by atoms with Crippen LogP contribution >= 0.6 is 0 Å². The van der Waals surface area contributed by atoms with Gasteiger partial charge in [0.15, 0.2) is 6.10 Å². The molecule has 0 bridgehead atoms. The predicted molar refractivity (Wildman–Crippen MR) is 45.8 cm³/mol. The van der Waals surface area contributed by atoms with Crippen molar-refractivity contribution in [2.75, 3.05) is 0 Å². The van der Waals surface area contributed by atoms with Crippen LogP contribution in [0.1, 0.15) is 11.7 Å². The van der Waals surface area contributed by atoms with Crippen LogP contribution in [0.2, 0.25) is 0 Å². The van der Waals surface area contributed by atoms with Crippen molar-refractivity contribution in [2.45, 2.75) is 12.3 Å². The van der Waals surface area contributed by atoms with Crippen LogP contribution in [0, 0.1) is 10.1 Å². The Bertz CT molecular complexity index is 418. The zero-order chi connectivity index (χ0) is 12.5. The smallest absolute Gasteiger partial charge is 0.418 e. The summed E-state index contributed by atoms with van der Waals surface area (Å²) in [5.74, 6) is -0.594. The third-order valence-electron chi connectivity index (χ3n) is 1.81. The van der Waals surface area contributed by atoms with Crippen molar-refractivity contribution < 1.29 is 28.3 Å². The van der Waals surface area contributed by atoms with Crippen molar-refractivity contribution in [3.8, 4) is 5.75 Å². The summed E-state index contributed by atoms with van der Waals surface area (Å²) in [5, 5.41) is 28.2. The van der Waals surface area contributed by atoms with Gasteiger partial charge >= 0.3 is 6.18 Å². The van der Waals surface area contributed by atoms with Gasteiger partial charge in [-0.05, 0) is 12.1 Å². The minimum atomic E-state index is -5.03. The van der Waals surface area contributed by atoms with Gasteiger partial charge in [-0.15, -0.1) is 0 Å². The fourth-order valence-corrected chi connectivity index (χ4v) is 1.10. The first-order valence-corrected chi connectivity index (χ1v) is 3.95. The molecule has 0 heterocycles. The van der Waals surface area contributed by atoms with Crippen LogP contribution in [0.5, 0.6) is 5.75 Å². The summed E-state index contributed by atoms with van der Waals surface area (Å²) < 4.78 is 36.5. The van der Waals surface area contributed by atoms with Gasteiger partial charge in [-0.1, -0.05) is 0 Å². The molecule has 1 aromatic rings. The number of aromatic hydroxyl groups is 1. The van der Waals surface area contributed by atoms with Crippen LogP contribution in [-0.4, -0.2) is 21.3 Å². The third-order valence-corrected chi connectivity index (χ3v) is 1.81. The van der Waals surface area contributed by atoms with Crippen molar-refractivity contribution in [3.63, 3.8) is 0 Å². The maximum absolute atomic E-state index is 12.2. The summed E-state index contributed by atoms with van der Waals surface area (Å²) in [6.07, 6.45) is -8.03. The quantitative estimate of drug-likeness (QED) is 0.607. The molecule has 5 nitrogen and oxygen atoms in total. The first-order valence-electron chi connectivity index (χ1n) is 3.95. The summed E-state index contributed by atoms with van der Waals surface area (Å²) in [7, 11) is 0. The van der Waals surface area contributed by atoms with E-state index in [2.05, 4.69) is 0 Å². The number of alkyl halides is 3. The number of hydrogen-bond donors (Lipinski definition) is 2. The number of halogens is 3. The number of aliphatic hydroxyl groups is 1. The molecule has 0 aliphatic heterocycles. The minimum absolute atomic E-state index is 0.510. The van der Waals surface area contributed by atoms with Crippen molar-refractivity contribution in [1.29, 1.82) is 0 Å². The first-order chi connectivity index (χ1) is 7.23. The molecule has 8 heteroatoms. The van der Waals surface area contributed by atoms with E-state index < -0.39 is 34.2 Å². The van der Waals surface area contributed by atoms with Crippen molar-refractivity contribution in [1.82, 2.24) is 0 Å². The lowest BCUT2D eigenvalue weighted by atomic mass is 10.1. The number of phenolic OH excluding ortho intramolecular Hbond substituents is 1. The second-order valence-corrected chi connectivity index (χ2v) is 2.94. The van der Waals surface area contributed by atoms with E-state index in [1.807, 2.05) is 0 Å². The van der Waals surface area contributed by atoms with Crippen LogP contribution in [0.4, 0.5) is 18.9 Å². The largest absolute Gasteiger partial charge is 0.508 e. The second-order valence-electron chi connectivity index (χ2n) is 2.94. The van der Waals surface area contributed by atoms with Crippen LogP contribution < -0.4 is 0 Å². The zero-order valence-electron chi connectivity index (χ0n) is 7.60. The number of nitro groups is 1. The maximum Gasteiger partial charge on any atom is 0.418 e. The summed E-state index contributed by atoms with van der Waals surface area (Å²) in [6.45, 7) is 0. The molecule has 0 aliphatic carbocycles. The number of aliphatic hydroxyl groups excluding tert-OH is 1. The van der Waals surface area contributed by atoms with Crippen LogP contribution in [-0.2, 0) is 0 Å². The second kappa shape index (κ2) is 3.97. The summed E-state index contributed by atoms with van der Waals surface area (Å²) in [4.78, 5) is 9.34. The Labute approximate surface area is 86.9 Å². The van der Waals surface area contributed by atoms with Gasteiger partial charge < -0.3 is 10.2 Å². The summed E-state index contributed by atoms with van der Waals surface area (Å²) in [6, 6.07) is 2.07. The fraction of sp³-hybridized carbons (Fsp3) is 0.250. The molecule has 0 fully saturated rings. The van der Waals surface area contributed by atoms with E-state index in [0.717, 1.165) is 6.07 Å². The number of nitro benzene ring substituents is 1. The Morgan fingerprint density at radius 2 is 1.94 bits per heavy atom.